The molecule has 4 rings (SSSR count). The Labute approximate surface area is 159 Å². The molecule has 0 aliphatic heterocycles. The van der Waals surface area contributed by atoms with Gasteiger partial charge in [0.2, 0.25) is 5.91 Å². The third-order valence-electron chi connectivity index (χ3n) is 5.49. The number of benzene rings is 1. The largest absolute Gasteiger partial charge is 0.354 e. The average Bonchev–Trinajstić information content (AvgIpc) is 3.27. The molecule has 1 aromatic carbocycles. The summed E-state index contributed by atoms with van der Waals surface area (Å²) in [6.07, 6.45) is 8.55. The van der Waals surface area contributed by atoms with Gasteiger partial charge in [-0.2, -0.15) is 5.10 Å². The zero-order valence-electron chi connectivity index (χ0n) is 16.0. The highest BCUT2D eigenvalue weighted by Gasteiger charge is 2.24. The molecule has 2 N–H and O–H groups in total. The summed E-state index contributed by atoms with van der Waals surface area (Å²) in [4.78, 5) is 19.7. The molecule has 6 nitrogen and oxygen atoms in total. The second-order valence-electron chi connectivity index (χ2n) is 7.65. The van der Waals surface area contributed by atoms with E-state index in [9.17, 15) is 4.79 Å². The van der Waals surface area contributed by atoms with Gasteiger partial charge < -0.3 is 10.3 Å². The van der Waals surface area contributed by atoms with Crippen molar-refractivity contribution in [3.63, 3.8) is 0 Å². The van der Waals surface area contributed by atoms with Crippen molar-refractivity contribution in [1.82, 2.24) is 25.1 Å². The Morgan fingerprint density at radius 3 is 2.85 bits per heavy atom. The van der Waals surface area contributed by atoms with Gasteiger partial charge in [0.1, 0.15) is 6.33 Å². The van der Waals surface area contributed by atoms with Gasteiger partial charge >= 0.3 is 0 Å². The van der Waals surface area contributed by atoms with Crippen molar-refractivity contribution in [2.24, 2.45) is 0 Å². The summed E-state index contributed by atoms with van der Waals surface area (Å²) < 4.78 is 2.11. The number of H-pyrrole nitrogens is 1. The third-order valence-corrected chi connectivity index (χ3v) is 5.49. The lowest BCUT2D eigenvalue weighted by Gasteiger charge is -2.23. The second-order valence-corrected chi connectivity index (χ2v) is 7.65. The molecule has 2 heterocycles. The van der Waals surface area contributed by atoms with Crippen molar-refractivity contribution in [3.05, 3.63) is 36.2 Å². The van der Waals surface area contributed by atoms with Crippen LogP contribution in [0.15, 0.2) is 30.6 Å². The van der Waals surface area contributed by atoms with Crippen LogP contribution in [0.5, 0.6) is 0 Å². The number of aromatic nitrogens is 4. The molecule has 1 atom stereocenters. The highest BCUT2D eigenvalue weighted by molar-refractivity contribution is 5.89. The topological polar surface area (TPSA) is 75.6 Å². The molecule has 27 heavy (non-hydrogen) atoms. The molecule has 0 spiro atoms. The second kappa shape index (κ2) is 7.55. The summed E-state index contributed by atoms with van der Waals surface area (Å²) in [5.41, 5.74) is 3.31. The standard InChI is InChI=1S/C21H27N5O/c1-14(24-15(2)27)12-18-17-10-6-7-11-19(17)25-20(18)21-22-13-23-26(21)16-8-4-3-5-9-16/h6-7,10-11,13-14,16,25H,3-5,8-9,12H2,1-2H3,(H,24,27). The molecule has 1 aliphatic carbocycles. The number of carbonyl (C=O) groups excluding carboxylic acids is 1. The highest BCUT2D eigenvalue weighted by Crippen LogP contribution is 2.34. The number of hydrogen-bond acceptors (Lipinski definition) is 3. The molecule has 2 aromatic heterocycles. The van der Waals surface area contributed by atoms with E-state index in [4.69, 9.17) is 0 Å². The van der Waals surface area contributed by atoms with Gasteiger partial charge in [0.25, 0.3) is 0 Å². The predicted octanol–water partition coefficient (Wildman–Crippen LogP) is 4.00. The lowest BCUT2D eigenvalue weighted by molar-refractivity contribution is -0.119. The van der Waals surface area contributed by atoms with Crippen molar-refractivity contribution in [3.8, 4) is 11.5 Å². The van der Waals surface area contributed by atoms with Gasteiger partial charge in [-0.25, -0.2) is 9.67 Å². The van der Waals surface area contributed by atoms with E-state index in [1.165, 1.54) is 30.2 Å². The number of fused-ring (bicyclic) bond motifs is 1. The number of aromatic amines is 1. The molecule has 1 amide bonds. The Kier molecular flexibility index (Phi) is 4.97. The minimum atomic E-state index is -0.00531. The molecule has 0 radical (unpaired) electrons. The first-order valence-corrected chi connectivity index (χ1v) is 9.90. The molecular formula is C21H27N5O. The summed E-state index contributed by atoms with van der Waals surface area (Å²) >= 11 is 0. The first kappa shape index (κ1) is 17.8. The Morgan fingerprint density at radius 2 is 2.07 bits per heavy atom. The van der Waals surface area contributed by atoms with E-state index in [1.807, 2.05) is 13.0 Å². The van der Waals surface area contributed by atoms with Crippen LogP contribution in [0.25, 0.3) is 22.4 Å². The van der Waals surface area contributed by atoms with Gasteiger partial charge in [-0.15, -0.1) is 0 Å². The molecule has 0 bridgehead atoms. The van der Waals surface area contributed by atoms with E-state index in [1.54, 1.807) is 13.3 Å². The molecule has 0 saturated heterocycles. The minimum Gasteiger partial charge on any atom is -0.354 e. The van der Waals surface area contributed by atoms with Gasteiger partial charge in [-0.1, -0.05) is 37.5 Å². The summed E-state index contributed by atoms with van der Waals surface area (Å²) in [6.45, 7) is 3.60. The van der Waals surface area contributed by atoms with E-state index >= 15 is 0 Å². The Hall–Kier alpha value is -2.63. The number of rotatable bonds is 5. The molecular weight excluding hydrogens is 338 g/mol. The normalized spacial score (nSPS) is 16.5. The fourth-order valence-electron chi connectivity index (χ4n) is 4.33. The van der Waals surface area contributed by atoms with Gasteiger partial charge in [-0.3, -0.25) is 4.79 Å². The van der Waals surface area contributed by atoms with Crippen LogP contribution in [0.3, 0.4) is 0 Å². The summed E-state index contributed by atoms with van der Waals surface area (Å²) in [5.74, 6) is 0.900. The molecule has 142 valence electrons. The van der Waals surface area contributed by atoms with Gasteiger partial charge in [-0.05, 0) is 37.8 Å². The van der Waals surface area contributed by atoms with Crippen molar-refractivity contribution in [1.29, 1.82) is 0 Å². The maximum absolute atomic E-state index is 11.5. The van der Waals surface area contributed by atoms with E-state index in [2.05, 4.69) is 43.3 Å². The first-order chi connectivity index (χ1) is 13.1. The van der Waals surface area contributed by atoms with Crippen molar-refractivity contribution in [2.75, 3.05) is 0 Å². The average molecular weight is 365 g/mol. The van der Waals surface area contributed by atoms with Crippen LogP contribution in [-0.2, 0) is 11.2 Å². The monoisotopic (exact) mass is 365 g/mol. The number of hydrogen-bond donors (Lipinski definition) is 2. The Balaban J connectivity index is 1.77. The van der Waals surface area contributed by atoms with Crippen molar-refractivity contribution < 1.29 is 4.79 Å². The van der Waals surface area contributed by atoms with Gasteiger partial charge in [0.15, 0.2) is 5.82 Å². The fraction of sp³-hybridized carbons (Fsp3) is 0.476. The van der Waals surface area contributed by atoms with E-state index in [0.29, 0.717) is 6.04 Å². The number of nitrogens with zero attached hydrogens (tertiary/aromatic N) is 3. The Morgan fingerprint density at radius 1 is 1.30 bits per heavy atom. The summed E-state index contributed by atoms with van der Waals surface area (Å²) in [5, 5.41) is 8.75. The van der Waals surface area contributed by atoms with Crippen LogP contribution in [0.4, 0.5) is 0 Å². The van der Waals surface area contributed by atoms with Gasteiger partial charge in [0, 0.05) is 23.9 Å². The van der Waals surface area contributed by atoms with E-state index in [-0.39, 0.29) is 11.9 Å². The highest BCUT2D eigenvalue weighted by atomic mass is 16.1. The van der Waals surface area contributed by atoms with Crippen LogP contribution in [-0.4, -0.2) is 31.7 Å². The van der Waals surface area contributed by atoms with Crippen LogP contribution < -0.4 is 5.32 Å². The van der Waals surface area contributed by atoms with Crippen molar-refractivity contribution in [2.45, 2.75) is 64.5 Å². The molecule has 1 saturated carbocycles. The van der Waals surface area contributed by atoms with E-state index in [0.717, 1.165) is 36.3 Å². The number of amides is 1. The smallest absolute Gasteiger partial charge is 0.217 e. The molecule has 1 unspecified atom stereocenters. The SMILES string of the molecule is CC(=O)NC(C)Cc1c(-c2ncnn2C2CCCCC2)[nH]c2ccccc12. The number of carbonyl (C=O) groups is 1. The zero-order valence-corrected chi connectivity index (χ0v) is 16.0. The summed E-state index contributed by atoms with van der Waals surface area (Å²) in [6, 6.07) is 8.78. The lowest BCUT2D eigenvalue weighted by Crippen LogP contribution is -2.32. The maximum atomic E-state index is 11.5. The lowest BCUT2D eigenvalue weighted by atomic mass is 9.95. The Bertz CT molecular complexity index is 935. The van der Waals surface area contributed by atoms with Crippen LogP contribution in [0.1, 0.15) is 57.6 Å². The van der Waals surface area contributed by atoms with Gasteiger partial charge in [0.05, 0.1) is 11.7 Å². The minimum absolute atomic E-state index is 0.00531. The maximum Gasteiger partial charge on any atom is 0.217 e. The first-order valence-electron chi connectivity index (χ1n) is 9.90. The quantitative estimate of drug-likeness (QED) is 0.717. The van der Waals surface area contributed by atoms with Crippen LogP contribution >= 0.6 is 0 Å². The summed E-state index contributed by atoms with van der Waals surface area (Å²) in [7, 11) is 0. The van der Waals surface area contributed by atoms with E-state index < -0.39 is 0 Å². The number of nitrogens with one attached hydrogen (secondary N) is 2. The molecule has 3 aromatic rings. The number of para-hydroxylation sites is 1. The van der Waals surface area contributed by atoms with Crippen LogP contribution in [0.2, 0.25) is 0 Å². The fourth-order valence-corrected chi connectivity index (χ4v) is 4.33. The third kappa shape index (κ3) is 3.61. The molecule has 1 aliphatic rings. The zero-order chi connectivity index (χ0) is 18.8. The van der Waals surface area contributed by atoms with Crippen LogP contribution in [0, 0.1) is 0 Å². The molecule has 6 heteroatoms. The van der Waals surface area contributed by atoms with Crippen molar-refractivity contribution >= 4 is 16.8 Å². The predicted molar refractivity (Wildman–Crippen MR) is 106 cm³/mol. The molecule has 1 fully saturated rings.